The first kappa shape index (κ1) is 55.9. The van der Waals surface area contributed by atoms with E-state index < -0.39 is 13.9 Å². The van der Waals surface area contributed by atoms with Crippen LogP contribution in [0.3, 0.4) is 0 Å². The molecule has 0 spiro atoms. The van der Waals surface area contributed by atoms with E-state index in [2.05, 4.69) is 86.8 Å². The monoisotopic (exact) mass is 834 g/mol. The van der Waals surface area contributed by atoms with Crippen LogP contribution < -0.4 is 5.73 Å². The van der Waals surface area contributed by atoms with Crippen molar-refractivity contribution in [3.05, 3.63) is 72.9 Å². The Hall–Kier alpha value is -2.06. The molecule has 0 saturated heterocycles. The Morgan fingerprint density at radius 3 is 1.47 bits per heavy atom. The Kier molecular flexibility index (Phi) is 44.4. The van der Waals surface area contributed by atoms with Crippen molar-refractivity contribution < 1.29 is 32.8 Å². The summed E-state index contributed by atoms with van der Waals surface area (Å²) in [6.45, 7) is 4.77. The van der Waals surface area contributed by atoms with E-state index in [9.17, 15) is 14.3 Å². The molecular formula is C49H88NO7P. The van der Waals surface area contributed by atoms with E-state index >= 15 is 0 Å². The van der Waals surface area contributed by atoms with E-state index in [1.807, 2.05) is 0 Å². The van der Waals surface area contributed by atoms with Gasteiger partial charge in [0.05, 0.1) is 19.8 Å². The highest BCUT2D eigenvalue weighted by Gasteiger charge is 2.25. The normalized spacial score (nSPS) is 14.1. The highest BCUT2D eigenvalue weighted by Crippen LogP contribution is 2.43. The number of allylic oxidation sites excluding steroid dienone is 12. The van der Waals surface area contributed by atoms with Gasteiger partial charge in [-0.25, -0.2) is 4.57 Å². The van der Waals surface area contributed by atoms with Gasteiger partial charge in [-0.1, -0.05) is 177 Å². The second-order valence-electron chi connectivity index (χ2n) is 15.2. The van der Waals surface area contributed by atoms with Gasteiger partial charge in [0, 0.05) is 19.6 Å². The Balaban J connectivity index is 4.06. The van der Waals surface area contributed by atoms with Crippen molar-refractivity contribution in [3.8, 4) is 0 Å². The number of ether oxygens (including phenoxy) is 2. The molecule has 0 bridgehead atoms. The molecule has 9 heteroatoms. The second kappa shape index (κ2) is 46.0. The predicted octanol–water partition coefficient (Wildman–Crippen LogP) is 14.3. The summed E-state index contributed by atoms with van der Waals surface area (Å²) in [4.78, 5) is 22.5. The lowest BCUT2D eigenvalue weighted by Crippen LogP contribution is -2.28. The van der Waals surface area contributed by atoms with Crippen LogP contribution in [0.4, 0.5) is 0 Å². The number of nitrogens with two attached hydrogens (primary N) is 1. The van der Waals surface area contributed by atoms with Crippen LogP contribution in [0.5, 0.6) is 0 Å². The number of carbonyl (C=O) groups is 1. The first-order chi connectivity index (χ1) is 28.4. The maximum atomic E-state index is 12.6. The van der Waals surface area contributed by atoms with Crippen molar-refractivity contribution >= 4 is 13.8 Å². The zero-order chi connectivity index (χ0) is 42.3. The van der Waals surface area contributed by atoms with Crippen LogP contribution in [0.1, 0.15) is 194 Å². The summed E-state index contributed by atoms with van der Waals surface area (Å²) in [6.07, 6.45) is 57.8. The van der Waals surface area contributed by atoms with Crippen molar-refractivity contribution in [1.82, 2.24) is 0 Å². The highest BCUT2D eigenvalue weighted by molar-refractivity contribution is 7.47. The third kappa shape index (κ3) is 45.0. The third-order valence-electron chi connectivity index (χ3n) is 9.61. The van der Waals surface area contributed by atoms with Gasteiger partial charge in [-0.3, -0.25) is 13.8 Å². The SMILES string of the molecule is CC/C=C\C/C=C\C/C=C\C/C=C\C/C=C\CCCCCCCC(=O)OC(COCCCCCCCCCC/C=C\CCCCCCCC)COP(=O)(O)OCCN. The van der Waals surface area contributed by atoms with Crippen LogP contribution in [-0.2, 0) is 27.9 Å². The minimum absolute atomic E-state index is 0.0931. The number of phosphoric ester groups is 1. The summed E-state index contributed by atoms with van der Waals surface area (Å²) < 4.78 is 33.5. The second-order valence-corrected chi connectivity index (χ2v) is 16.7. The molecule has 58 heavy (non-hydrogen) atoms. The molecule has 0 aliphatic heterocycles. The van der Waals surface area contributed by atoms with E-state index in [0.29, 0.717) is 13.0 Å². The average molecular weight is 834 g/mol. The molecule has 336 valence electrons. The minimum atomic E-state index is -4.29. The largest absolute Gasteiger partial charge is 0.472 e. The van der Waals surface area contributed by atoms with E-state index in [1.54, 1.807) is 0 Å². The van der Waals surface area contributed by atoms with Gasteiger partial charge in [-0.15, -0.1) is 0 Å². The summed E-state index contributed by atoms with van der Waals surface area (Å²) in [5.41, 5.74) is 5.38. The van der Waals surface area contributed by atoms with Gasteiger partial charge < -0.3 is 20.1 Å². The molecule has 0 heterocycles. The minimum Gasteiger partial charge on any atom is -0.457 e. The molecule has 0 aromatic rings. The topological polar surface area (TPSA) is 117 Å². The van der Waals surface area contributed by atoms with Crippen LogP contribution >= 0.6 is 7.82 Å². The quantitative estimate of drug-likeness (QED) is 0.0270. The van der Waals surface area contributed by atoms with E-state index in [0.717, 1.165) is 83.5 Å². The van der Waals surface area contributed by atoms with Gasteiger partial charge in [0.15, 0.2) is 0 Å². The zero-order valence-corrected chi connectivity index (χ0v) is 38.2. The number of hydrogen-bond acceptors (Lipinski definition) is 7. The summed E-state index contributed by atoms with van der Waals surface area (Å²) in [5, 5.41) is 0. The molecule has 2 atom stereocenters. The maximum absolute atomic E-state index is 12.6. The van der Waals surface area contributed by atoms with Gasteiger partial charge in [0.25, 0.3) is 0 Å². The maximum Gasteiger partial charge on any atom is 0.472 e. The molecular weight excluding hydrogens is 746 g/mol. The van der Waals surface area contributed by atoms with Gasteiger partial charge in [0.2, 0.25) is 0 Å². The molecule has 0 radical (unpaired) electrons. The lowest BCUT2D eigenvalue weighted by Gasteiger charge is -2.20. The number of phosphoric acid groups is 1. The smallest absolute Gasteiger partial charge is 0.457 e. The molecule has 2 unspecified atom stereocenters. The Labute approximate surface area is 356 Å². The van der Waals surface area contributed by atoms with Crippen molar-refractivity contribution in [2.24, 2.45) is 5.73 Å². The van der Waals surface area contributed by atoms with Crippen LogP contribution in [0.25, 0.3) is 0 Å². The Bertz CT molecular complexity index is 1120. The Morgan fingerprint density at radius 2 is 0.966 bits per heavy atom. The lowest BCUT2D eigenvalue weighted by molar-refractivity contribution is -0.154. The molecule has 0 aromatic carbocycles. The first-order valence-corrected chi connectivity index (χ1v) is 24.9. The number of rotatable bonds is 44. The first-order valence-electron chi connectivity index (χ1n) is 23.4. The number of esters is 1. The summed E-state index contributed by atoms with van der Waals surface area (Å²) in [6, 6.07) is 0. The standard InChI is InChI=1S/C49H88NO7P/c1-3-5-7-9-11-13-15-17-19-21-23-24-25-26-28-30-32-34-36-38-40-42-49(51)57-48(47-56-58(52,53)55-45-43-50)46-54-44-41-39-37-35-33-31-29-27-22-20-18-16-14-12-10-8-6-4-2/h5,7,11,13,17-20,23-24,26,28,48H,3-4,6,8-10,12,14-16,21-22,25,27,29-47,50H2,1-2H3,(H,52,53)/b7-5-,13-11-,19-17-,20-18-,24-23-,28-26-. The van der Waals surface area contributed by atoms with Gasteiger partial charge in [-0.2, -0.15) is 0 Å². The molecule has 0 aromatic heterocycles. The van der Waals surface area contributed by atoms with E-state index in [-0.39, 0.29) is 32.3 Å². The van der Waals surface area contributed by atoms with Crippen LogP contribution in [0.15, 0.2) is 72.9 Å². The summed E-state index contributed by atoms with van der Waals surface area (Å²) in [5.74, 6) is -0.351. The molecule has 0 amide bonds. The fourth-order valence-corrected chi connectivity index (χ4v) is 6.96. The van der Waals surface area contributed by atoms with E-state index in [4.69, 9.17) is 24.3 Å². The van der Waals surface area contributed by atoms with Crippen LogP contribution in [0.2, 0.25) is 0 Å². The molecule has 0 rings (SSSR count). The number of carbonyl (C=O) groups excluding carboxylic acids is 1. The summed E-state index contributed by atoms with van der Waals surface area (Å²) in [7, 11) is -4.29. The van der Waals surface area contributed by atoms with Gasteiger partial charge in [0.1, 0.15) is 6.10 Å². The molecule has 0 aliphatic rings. The zero-order valence-electron chi connectivity index (χ0n) is 37.3. The van der Waals surface area contributed by atoms with Crippen molar-refractivity contribution in [2.75, 3.05) is 33.0 Å². The lowest BCUT2D eigenvalue weighted by atomic mass is 10.1. The van der Waals surface area contributed by atoms with Gasteiger partial charge in [-0.05, 0) is 83.5 Å². The van der Waals surface area contributed by atoms with Crippen molar-refractivity contribution in [2.45, 2.75) is 200 Å². The third-order valence-corrected chi connectivity index (χ3v) is 10.6. The fourth-order valence-electron chi connectivity index (χ4n) is 6.19. The Morgan fingerprint density at radius 1 is 0.534 bits per heavy atom. The highest BCUT2D eigenvalue weighted by atomic mass is 31.2. The predicted molar refractivity (Wildman–Crippen MR) is 247 cm³/mol. The van der Waals surface area contributed by atoms with Crippen LogP contribution in [-0.4, -0.2) is 49.9 Å². The molecule has 8 nitrogen and oxygen atoms in total. The average Bonchev–Trinajstić information content (AvgIpc) is 3.21. The summed E-state index contributed by atoms with van der Waals surface area (Å²) >= 11 is 0. The molecule has 0 saturated carbocycles. The molecule has 0 aliphatic carbocycles. The molecule has 0 fully saturated rings. The van der Waals surface area contributed by atoms with Crippen LogP contribution in [0, 0.1) is 0 Å². The van der Waals surface area contributed by atoms with Gasteiger partial charge >= 0.3 is 13.8 Å². The molecule has 3 N–H and O–H groups in total. The fraction of sp³-hybridized carbons (Fsp3) is 0.735. The van der Waals surface area contributed by atoms with Crippen molar-refractivity contribution in [3.63, 3.8) is 0 Å². The number of unbranched alkanes of at least 4 members (excludes halogenated alkanes) is 19. The van der Waals surface area contributed by atoms with Crippen molar-refractivity contribution in [1.29, 1.82) is 0 Å². The van der Waals surface area contributed by atoms with E-state index in [1.165, 1.54) is 89.9 Å². The number of hydrogen-bond donors (Lipinski definition) is 2.